The highest BCUT2D eigenvalue weighted by atomic mass is 32.2. The van der Waals surface area contributed by atoms with Crippen LogP contribution in [0, 0.1) is 0 Å². The van der Waals surface area contributed by atoms with Crippen molar-refractivity contribution < 1.29 is 8.42 Å². The van der Waals surface area contributed by atoms with E-state index < -0.39 is 10.0 Å². The topological polar surface area (TPSA) is 75.2 Å². The lowest BCUT2D eigenvalue weighted by Gasteiger charge is -2.12. The summed E-state index contributed by atoms with van der Waals surface area (Å²) in [6.45, 7) is 0.0385. The number of aromatic nitrogens is 2. The second-order valence-electron chi connectivity index (χ2n) is 5.56. The molecule has 1 N–H and O–H groups in total. The summed E-state index contributed by atoms with van der Waals surface area (Å²) in [5.41, 5.74) is 0. The summed E-state index contributed by atoms with van der Waals surface area (Å²) in [5.74, 6) is 1.15. The maximum atomic E-state index is 12.5. The smallest absolute Gasteiger partial charge is 0.240 e. The first-order chi connectivity index (χ1) is 11.5. The van der Waals surface area contributed by atoms with Gasteiger partial charge in [0.15, 0.2) is 0 Å². The lowest BCUT2D eigenvalue weighted by molar-refractivity contribution is 0.579. The van der Waals surface area contributed by atoms with Gasteiger partial charge >= 0.3 is 0 Å². The Bertz CT molecular complexity index is 971. The monoisotopic (exact) mass is 342 g/mol. The number of hydrogen-bond acceptors (Lipinski definition) is 5. The highest BCUT2D eigenvalue weighted by Crippen LogP contribution is 2.19. The molecule has 0 saturated carbocycles. The Balaban J connectivity index is 1.81. The standard InChI is InChI=1S/C17H18N4O2S/c1-21(2)17-9-10-18-16(20-17)12-19-24(22,23)15-8-7-13-5-3-4-6-14(13)11-15/h3-11,19H,12H2,1-2H3. The first-order valence-corrected chi connectivity index (χ1v) is 8.92. The minimum atomic E-state index is -3.63. The minimum absolute atomic E-state index is 0.0385. The summed E-state index contributed by atoms with van der Waals surface area (Å²) in [7, 11) is 0.106. The van der Waals surface area contributed by atoms with Gasteiger partial charge in [0.05, 0.1) is 11.4 Å². The van der Waals surface area contributed by atoms with E-state index in [0.29, 0.717) is 5.82 Å². The molecule has 0 amide bonds. The zero-order valence-electron chi connectivity index (χ0n) is 13.5. The van der Waals surface area contributed by atoms with Crippen LogP contribution in [0.4, 0.5) is 5.82 Å². The van der Waals surface area contributed by atoms with Gasteiger partial charge in [0.25, 0.3) is 0 Å². The molecule has 0 fully saturated rings. The molecule has 7 heteroatoms. The maximum Gasteiger partial charge on any atom is 0.240 e. The largest absolute Gasteiger partial charge is 0.363 e. The summed E-state index contributed by atoms with van der Waals surface area (Å²) in [4.78, 5) is 10.5. The van der Waals surface area contributed by atoms with Crippen molar-refractivity contribution >= 4 is 26.6 Å². The number of nitrogens with zero attached hydrogens (tertiary/aromatic N) is 3. The van der Waals surface area contributed by atoms with Gasteiger partial charge in [-0.05, 0) is 29.0 Å². The Morgan fingerprint density at radius 2 is 1.79 bits per heavy atom. The molecule has 0 saturated heterocycles. The van der Waals surface area contributed by atoms with Gasteiger partial charge in [-0.3, -0.25) is 0 Å². The fourth-order valence-electron chi connectivity index (χ4n) is 2.30. The molecule has 24 heavy (non-hydrogen) atoms. The quantitative estimate of drug-likeness (QED) is 0.769. The summed E-state index contributed by atoms with van der Waals surface area (Å²) in [5, 5.41) is 1.88. The minimum Gasteiger partial charge on any atom is -0.363 e. The average molecular weight is 342 g/mol. The Labute approximate surface area is 141 Å². The van der Waals surface area contributed by atoms with E-state index in [4.69, 9.17) is 0 Å². The van der Waals surface area contributed by atoms with Crippen molar-refractivity contribution in [3.8, 4) is 0 Å². The summed E-state index contributed by atoms with van der Waals surface area (Å²) >= 11 is 0. The molecule has 0 bridgehead atoms. The number of anilines is 1. The lowest BCUT2D eigenvalue weighted by atomic mass is 10.1. The van der Waals surface area contributed by atoms with E-state index in [2.05, 4.69) is 14.7 Å². The van der Waals surface area contributed by atoms with Crippen molar-refractivity contribution in [1.82, 2.24) is 14.7 Å². The molecule has 0 aliphatic heterocycles. The van der Waals surface area contributed by atoms with Crippen molar-refractivity contribution in [1.29, 1.82) is 0 Å². The summed E-state index contributed by atoms with van der Waals surface area (Å²) in [6, 6.07) is 14.5. The highest BCUT2D eigenvalue weighted by Gasteiger charge is 2.15. The van der Waals surface area contributed by atoms with Gasteiger partial charge in [-0.2, -0.15) is 0 Å². The normalized spacial score (nSPS) is 11.6. The SMILES string of the molecule is CN(C)c1ccnc(CNS(=O)(=O)c2ccc3ccccc3c2)n1. The van der Waals surface area contributed by atoms with Crippen LogP contribution >= 0.6 is 0 Å². The van der Waals surface area contributed by atoms with E-state index in [1.165, 1.54) is 0 Å². The van der Waals surface area contributed by atoms with Crippen molar-refractivity contribution in [2.75, 3.05) is 19.0 Å². The molecule has 124 valence electrons. The molecule has 0 unspecified atom stereocenters. The molecule has 0 atom stereocenters. The van der Waals surface area contributed by atoms with Crippen LogP contribution in [-0.4, -0.2) is 32.5 Å². The first kappa shape index (κ1) is 16.4. The lowest BCUT2D eigenvalue weighted by Crippen LogP contribution is -2.24. The maximum absolute atomic E-state index is 12.5. The fourth-order valence-corrected chi connectivity index (χ4v) is 3.32. The van der Waals surface area contributed by atoms with Gasteiger partial charge in [-0.25, -0.2) is 23.1 Å². The number of sulfonamides is 1. The molecule has 0 radical (unpaired) electrons. The third kappa shape index (κ3) is 3.52. The second kappa shape index (κ2) is 6.54. The van der Waals surface area contributed by atoms with Gasteiger partial charge in [0.2, 0.25) is 10.0 Å². The van der Waals surface area contributed by atoms with Crippen molar-refractivity contribution in [3.05, 3.63) is 60.6 Å². The van der Waals surface area contributed by atoms with Crippen molar-refractivity contribution in [3.63, 3.8) is 0 Å². The van der Waals surface area contributed by atoms with Crippen LogP contribution in [0.2, 0.25) is 0 Å². The number of benzene rings is 2. The number of hydrogen-bond donors (Lipinski definition) is 1. The molecular weight excluding hydrogens is 324 g/mol. The zero-order chi connectivity index (χ0) is 17.2. The van der Waals surface area contributed by atoms with Crippen LogP contribution < -0.4 is 9.62 Å². The van der Waals surface area contributed by atoms with Crippen LogP contribution in [0.25, 0.3) is 10.8 Å². The Morgan fingerprint density at radius 3 is 2.54 bits per heavy atom. The molecule has 3 rings (SSSR count). The molecule has 1 aromatic heterocycles. The Kier molecular flexibility index (Phi) is 4.46. The van der Waals surface area contributed by atoms with Crippen LogP contribution in [-0.2, 0) is 16.6 Å². The molecule has 6 nitrogen and oxygen atoms in total. The molecule has 3 aromatic rings. The van der Waals surface area contributed by atoms with E-state index >= 15 is 0 Å². The molecular formula is C17H18N4O2S. The van der Waals surface area contributed by atoms with Gasteiger partial charge in [-0.1, -0.05) is 30.3 Å². The van der Waals surface area contributed by atoms with Crippen molar-refractivity contribution in [2.45, 2.75) is 11.4 Å². The number of nitrogens with one attached hydrogen (secondary N) is 1. The van der Waals surface area contributed by atoms with Crippen LogP contribution in [0.3, 0.4) is 0 Å². The third-order valence-corrected chi connectivity index (χ3v) is 5.00. The summed E-state index contributed by atoms with van der Waals surface area (Å²) < 4.78 is 27.5. The van der Waals surface area contributed by atoms with Gasteiger partial charge in [0.1, 0.15) is 11.6 Å². The predicted molar refractivity (Wildman–Crippen MR) is 94.3 cm³/mol. The zero-order valence-corrected chi connectivity index (χ0v) is 14.3. The highest BCUT2D eigenvalue weighted by molar-refractivity contribution is 7.89. The van der Waals surface area contributed by atoms with Crippen LogP contribution in [0.5, 0.6) is 0 Å². The summed E-state index contributed by atoms with van der Waals surface area (Å²) in [6.07, 6.45) is 1.61. The molecule has 0 aliphatic carbocycles. The second-order valence-corrected chi connectivity index (χ2v) is 7.33. The molecule has 1 heterocycles. The number of rotatable bonds is 5. The van der Waals surface area contributed by atoms with E-state index in [0.717, 1.165) is 16.6 Å². The van der Waals surface area contributed by atoms with Crippen LogP contribution in [0.1, 0.15) is 5.82 Å². The van der Waals surface area contributed by atoms with Gasteiger partial charge in [-0.15, -0.1) is 0 Å². The van der Waals surface area contributed by atoms with Gasteiger partial charge < -0.3 is 4.90 Å². The molecule has 0 spiro atoms. The Morgan fingerprint density at radius 1 is 1.04 bits per heavy atom. The first-order valence-electron chi connectivity index (χ1n) is 7.43. The fraction of sp³-hybridized carbons (Fsp3) is 0.176. The van der Waals surface area contributed by atoms with E-state index in [1.54, 1.807) is 30.5 Å². The van der Waals surface area contributed by atoms with Gasteiger partial charge in [0, 0.05) is 20.3 Å². The Hall–Kier alpha value is -2.51. The van der Waals surface area contributed by atoms with Crippen molar-refractivity contribution in [2.24, 2.45) is 0 Å². The van der Waals surface area contributed by atoms with E-state index in [1.807, 2.05) is 43.3 Å². The average Bonchev–Trinajstić information content (AvgIpc) is 2.60. The third-order valence-electron chi connectivity index (χ3n) is 3.60. The van der Waals surface area contributed by atoms with E-state index in [9.17, 15) is 8.42 Å². The molecule has 0 aliphatic rings. The molecule has 2 aromatic carbocycles. The van der Waals surface area contributed by atoms with E-state index in [-0.39, 0.29) is 11.4 Å². The van der Waals surface area contributed by atoms with Crippen LogP contribution in [0.15, 0.2) is 59.6 Å². The number of fused-ring (bicyclic) bond motifs is 1. The predicted octanol–water partition coefficient (Wildman–Crippen LogP) is 2.17.